The maximum atomic E-state index is 11.7. The number of rotatable bonds is 6. The number of benzene rings is 1. The van der Waals surface area contributed by atoms with Gasteiger partial charge in [0.2, 0.25) is 15.9 Å². The zero-order chi connectivity index (χ0) is 16.1. The molecule has 0 saturated heterocycles. The molecule has 118 valence electrons. The number of amides is 1. The van der Waals surface area contributed by atoms with Crippen LogP contribution < -0.4 is 15.4 Å². The van der Waals surface area contributed by atoms with Crippen LogP contribution in [0.1, 0.15) is 27.2 Å². The normalized spacial score (nSPS) is 12.0. The first-order valence-electron chi connectivity index (χ1n) is 6.68. The second-order valence-electron chi connectivity index (χ2n) is 5.93. The fraction of sp³-hybridized carbons (Fsp3) is 0.500. The van der Waals surface area contributed by atoms with Gasteiger partial charge < -0.3 is 10.6 Å². The maximum Gasteiger partial charge on any atom is 0.229 e. The van der Waals surface area contributed by atoms with Crippen molar-refractivity contribution < 1.29 is 13.2 Å². The summed E-state index contributed by atoms with van der Waals surface area (Å²) in [5.74, 6) is -0.0874. The fourth-order valence-corrected chi connectivity index (χ4v) is 2.17. The molecule has 0 heterocycles. The molecule has 0 saturated carbocycles. The van der Waals surface area contributed by atoms with E-state index in [1.165, 1.54) is 0 Å². The third-order valence-electron chi connectivity index (χ3n) is 2.48. The Morgan fingerprint density at radius 3 is 2.10 bits per heavy atom. The third kappa shape index (κ3) is 8.31. The van der Waals surface area contributed by atoms with Gasteiger partial charge in [0, 0.05) is 29.9 Å². The summed E-state index contributed by atoms with van der Waals surface area (Å²) in [4.78, 5) is 11.7. The van der Waals surface area contributed by atoms with E-state index >= 15 is 0 Å². The highest BCUT2D eigenvalue weighted by Gasteiger charge is 2.09. The zero-order valence-corrected chi connectivity index (χ0v) is 13.7. The Morgan fingerprint density at radius 1 is 1.10 bits per heavy atom. The first kappa shape index (κ1) is 17.5. The number of sulfonamides is 1. The zero-order valence-electron chi connectivity index (χ0n) is 12.9. The van der Waals surface area contributed by atoms with Crippen LogP contribution in [0.3, 0.4) is 0 Å². The van der Waals surface area contributed by atoms with E-state index < -0.39 is 10.0 Å². The Kier molecular flexibility index (Phi) is 5.74. The molecule has 6 nitrogen and oxygen atoms in total. The van der Waals surface area contributed by atoms with Crippen molar-refractivity contribution in [3.63, 3.8) is 0 Å². The van der Waals surface area contributed by atoms with Crippen molar-refractivity contribution in [3.05, 3.63) is 24.3 Å². The highest BCUT2D eigenvalue weighted by molar-refractivity contribution is 7.92. The van der Waals surface area contributed by atoms with Crippen LogP contribution in [0.5, 0.6) is 0 Å². The van der Waals surface area contributed by atoms with Crippen molar-refractivity contribution in [2.45, 2.75) is 32.7 Å². The van der Waals surface area contributed by atoms with Crippen LogP contribution in [0.4, 0.5) is 11.4 Å². The van der Waals surface area contributed by atoms with Gasteiger partial charge >= 0.3 is 0 Å². The van der Waals surface area contributed by atoms with Gasteiger partial charge in [-0.2, -0.15) is 0 Å². The van der Waals surface area contributed by atoms with Gasteiger partial charge in [-0.15, -0.1) is 0 Å². The molecule has 0 aliphatic rings. The fourth-order valence-electron chi connectivity index (χ4n) is 1.61. The summed E-state index contributed by atoms with van der Waals surface area (Å²) in [6.07, 6.45) is 1.46. The smallest absolute Gasteiger partial charge is 0.229 e. The van der Waals surface area contributed by atoms with Gasteiger partial charge in [0.1, 0.15) is 0 Å². The molecule has 0 aromatic heterocycles. The van der Waals surface area contributed by atoms with E-state index in [-0.39, 0.29) is 11.4 Å². The molecule has 3 N–H and O–H groups in total. The Bertz CT molecular complexity index is 574. The minimum absolute atomic E-state index is 0.0146. The van der Waals surface area contributed by atoms with Crippen LogP contribution in [-0.4, -0.2) is 32.7 Å². The Labute approximate surface area is 126 Å². The van der Waals surface area contributed by atoms with Gasteiger partial charge in [0.25, 0.3) is 0 Å². The molecule has 1 aromatic rings. The molecule has 1 amide bonds. The van der Waals surface area contributed by atoms with E-state index in [4.69, 9.17) is 0 Å². The second kappa shape index (κ2) is 6.91. The molecule has 0 aliphatic carbocycles. The number of anilines is 2. The Hall–Kier alpha value is -1.60. The summed E-state index contributed by atoms with van der Waals surface area (Å²) >= 11 is 0. The number of hydrogen-bond acceptors (Lipinski definition) is 4. The minimum atomic E-state index is -3.28. The van der Waals surface area contributed by atoms with Crippen LogP contribution in [0.25, 0.3) is 0 Å². The van der Waals surface area contributed by atoms with Crippen LogP contribution in [-0.2, 0) is 14.8 Å². The predicted octanol–water partition coefficient (Wildman–Crippen LogP) is 1.77. The van der Waals surface area contributed by atoms with Gasteiger partial charge in [0.15, 0.2) is 0 Å². The van der Waals surface area contributed by atoms with Crippen LogP contribution in [0, 0.1) is 0 Å². The SMILES string of the molecule is CC(C)(C)NCCC(=O)Nc1ccc(NS(C)(=O)=O)cc1. The molecule has 1 rings (SSSR count). The molecule has 0 bridgehead atoms. The van der Waals surface area contributed by atoms with E-state index in [9.17, 15) is 13.2 Å². The van der Waals surface area contributed by atoms with Crippen LogP contribution in [0.2, 0.25) is 0 Å². The molecule has 1 aromatic carbocycles. The highest BCUT2D eigenvalue weighted by atomic mass is 32.2. The van der Waals surface area contributed by atoms with Gasteiger partial charge in [-0.1, -0.05) is 0 Å². The quantitative estimate of drug-likeness (QED) is 0.747. The molecular weight excluding hydrogens is 290 g/mol. The van der Waals surface area contributed by atoms with E-state index in [0.29, 0.717) is 24.3 Å². The number of carbonyl (C=O) groups excluding carboxylic acids is 1. The average Bonchev–Trinajstić information content (AvgIpc) is 2.28. The van der Waals surface area contributed by atoms with Crippen molar-refractivity contribution in [1.82, 2.24) is 5.32 Å². The minimum Gasteiger partial charge on any atom is -0.326 e. The van der Waals surface area contributed by atoms with Crippen molar-refractivity contribution in [1.29, 1.82) is 0 Å². The summed E-state index contributed by atoms with van der Waals surface area (Å²) in [5, 5.41) is 6.00. The Balaban J connectivity index is 2.46. The van der Waals surface area contributed by atoms with Gasteiger partial charge in [-0.3, -0.25) is 9.52 Å². The molecule has 0 aliphatic heterocycles. The molecule has 0 fully saturated rings. The highest BCUT2D eigenvalue weighted by Crippen LogP contribution is 2.14. The summed E-state index contributed by atoms with van der Waals surface area (Å²) in [7, 11) is -3.28. The lowest BCUT2D eigenvalue weighted by molar-refractivity contribution is -0.116. The lowest BCUT2D eigenvalue weighted by Crippen LogP contribution is -2.37. The molecule has 0 spiro atoms. The predicted molar refractivity (Wildman–Crippen MR) is 85.9 cm³/mol. The molecule has 0 radical (unpaired) electrons. The monoisotopic (exact) mass is 313 g/mol. The first-order valence-corrected chi connectivity index (χ1v) is 8.57. The topological polar surface area (TPSA) is 87.3 Å². The van der Waals surface area contributed by atoms with Crippen molar-refractivity contribution in [3.8, 4) is 0 Å². The number of carbonyl (C=O) groups is 1. The molecule has 21 heavy (non-hydrogen) atoms. The van der Waals surface area contributed by atoms with Crippen molar-refractivity contribution in [2.24, 2.45) is 0 Å². The lowest BCUT2D eigenvalue weighted by Gasteiger charge is -2.20. The number of nitrogens with one attached hydrogen (secondary N) is 3. The number of hydrogen-bond donors (Lipinski definition) is 3. The molecule has 0 atom stereocenters. The van der Waals surface area contributed by atoms with Crippen molar-refractivity contribution in [2.75, 3.05) is 22.8 Å². The Morgan fingerprint density at radius 2 is 1.62 bits per heavy atom. The van der Waals surface area contributed by atoms with E-state index in [2.05, 4.69) is 15.4 Å². The largest absolute Gasteiger partial charge is 0.326 e. The van der Waals surface area contributed by atoms with Crippen LogP contribution in [0.15, 0.2) is 24.3 Å². The molecular formula is C14H23N3O3S. The van der Waals surface area contributed by atoms with Crippen LogP contribution >= 0.6 is 0 Å². The van der Waals surface area contributed by atoms with E-state index in [0.717, 1.165) is 6.26 Å². The maximum absolute atomic E-state index is 11.7. The summed E-state index contributed by atoms with van der Waals surface area (Å²) in [6, 6.07) is 6.51. The second-order valence-corrected chi connectivity index (χ2v) is 7.67. The lowest BCUT2D eigenvalue weighted by atomic mass is 10.1. The third-order valence-corrected chi connectivity index (χ3v) is 3.09. The van der Waals surface area contributed by atoms with Gasteiger partial charge in [0.05, 0.1) is 6.26 Å². The van der Waals surface area contributed by atoms with Crippen molar-refractivity contribution >= 4 is 27.3 Å². The van der Waals surface area contributed by atoms with Gasteiger partial charge in [-0.05, 0) is 45.0 Å². The molecule has 7 heteroatoms. The summed E-state index contributed by atoms with van der Waals surface area (Å²) in [5.41, 5.74) is 1.08. The average molecular weight is 313 g/mol. The summed E-state index contributed by atoms with van der Waals surface area (Å²) in [6.45, 7) is 6.72. The first-order chi connectivity index (χ1) is 9.55. The standard InChI is InChI=1S/C14H23N3O3S/c1-14(2,3)15-10-9-13(18)16-11-5-7-12(8-6-11)17-21(4,19)20/h5-8,15,17H,9-10H2,1-4H3,(H,16,18). The van der Waals surface area contributed by atoms with E-state index in [1.54, 1.807) is 24.3 Å². The van der Waals surface area contributed by atoms with Gasteiger partial charge in [-0.25, -0.2) is 8.42 Å². The molecule has 0 unspecified atom stereocenters. The summed E-state index contributed by atoms with van der Waals surface area (Å²) < 4.78 is 24.5. The van der Waals surface area contributed by atoms with E-state index in [1.807, 2.05) is 20.8 Å².